The summed E-state index contributed by atoms with van der Waals surface area (Å²) in [5.74, 6) is 6.09. The number of rotatable bonds is 9. The molecule has 0 amide bonds. The number of hydrogen-bond donors (Lipinski definition) is 0. The maximum atomic E-state index is 3.86. The van der Waals surface area contributed by atoms with Gasteiger partial charge in [-0.2, -0.15) is 0 Å². The lowest BCUT2D eigenvalue weighted by molar-refractivity contribution is 0.0710. The molecule has 0 N–H and O–H groups in total. The SMILES string of the molecule is C=CCCc1ccc(C2CCC3CC(C4CCC(CCCCC)CC4)CCC3C2)cc1. The Bertz CT molecular complexity index is 647. The Balaban J connectivity index is 1.22. The van der Waals surface area contributed by atoms with E-state index in [1.807, 2.05) is 6.08 Å². The number of allylic oxidation sites excluding steroid dienone is 1. The van der Waals surface area contributed by atoms with Gasteiger partial charge in [0.1, 0.15) is 0 Å². The predicted octanol–water partition coefficient (Wildman–Crippen LogP) is 9.49. The molecule has 3 saturated carbocycles. The first-order chi connectivity index (χ1) is 15.3. The lowest BCUT2D eigenvalue weighted by atomic mass is 9.60. The summed E-state index contributed by atoms with van der Waals surface area (Å²) in [7, 11) is 0. The molecule has 1 aromatic carbocycles. The molecule has 0 bridgehead atoms. The summed E-state index contributed by atoms with van der Waals surface area (Å²) in [5.41, 5.74) is 3.09. The standard InChI is InChI=1S/C31H48/c1-3-5-7-9-25-12-16-27(17-13-25)29-19-21-30-22-28(18-20-31(30)23-29)26-14-10-24(11-15-26)8-6-4-2/h4,10-11,14-15,25,27-31H,2-3,5-9,12-13,16-23H2,1H3. The van der Waals surface area contributed by atoms with Gasteiger partial charge in [-0.3, -0.25) is 0 Å². The summed E-state index contributed by atoms with van der Waals surface area (Å²) in [6.45, 7) is 6.19. The van der Waals surface area contributed by atoms with E-state index in [4.69, 9.17) is 0 Å². The molecule has 4 unspecified atom stereocenters. The fourth-order valence-corrected chi connectivity index (χ4v) is 7.51. The third-order valence-electron chi connectivity index (χ3n) is 9.52. The molecule has 4 rings (SSSR count). The van der Waals surface area contributed by atoms with Crippen molar-refractivity contribution in [2.75, 3.05) is 0 Å². The van der Waals surface area contributed by atoms with Gasteiger partial charge in [-0.05, 0) is 111 Å². The average molecular weight is 421 g/mol. The van der Waals surface area contributed by atoms with Crippen molar-refractivity contribution in [3.05, 3.63) is 48.0 Å². The predicted molar refractivity (Wildman–Crippen MR) is 135 cm³/mol. The van der Waals surface area contributed by atoms with Crippen LogP contribution in [0.1, 0.15) is 120 Å². The zero-order valence-corrected chi connectivity index (χ0v) is 20.4. The zero-order chi connectivity index (χ0) is 21.5. The van der Waals surface area contributed by atoms with Gasteiger partial charge in [-0.15, -0.1) is 6.58 Å². The van der Waals surface area contributed by atoms with Gasteiger partial charge in [-0.25, -0.2) is 0 Å². The van der Waals surface area contributed by atoms with Crippen molar-refractivity contribution in [3.63, 3.8) is 0 Å². The van der Waals surface area contributed by atoms with Gasteiger partial charge >= 0.3 is 0 Å². The number of benzene rings is 1. The maximum Gasteiger partial charge on any atom is -0.0159 e. The molecule has 3 fully saturated rings. The monoisotopic (exact) mass is 420 g/mol. The van der Waals surface area contributed by atoms with Gasteiger partial charge in [0.05, 0.1) is 0 Å². The highest BCUT2D eigenvalue weighted by Gasteiger charge is 2.39. The van der Waals surface area contributed by atoms with Crippen LogP contribution < -0.4 is 0 Å². The molecule has 31 heavy (non-hydrogen) atoms. The van der Waals surface area contributed by atoms with Gasteiger partial charge in [0.25, 0.3) is 0 Å². The Hall–Kier alpha value is -1.04. The van der Waals surface area contributed by atoms with Crippen LogP contribution in [0.2, 0.25) is 0 Å². The fraction of sp³-hybridized carbons (Fsp3) is 0.742. The van der Waals surface area contributed by atoms with Crippen molar-refractivity contribution in [3.8, 4) is 0 Å². The van der Waals surface area contributed by atoms with Crippen LogP contribution in [-0.4, -0.2) is 0 Å². The Kier molecular flexibility index (Phi) is 8.74. The van der Waals surface area contributed by atoms with Crippen molar-refractivity contribution in [2.24, 2.45) is 29.6 Å². The minimum absolute atomic E-state index is 0.824. The van der Waals surface area contributed by atoms with Gasteiger partial charge in [-0.1, -0.05) is 75.8 Å². The second-order valence-corrected chi connectivity index (χ2v) is 11.4. The van der Waals surface area contributed by atoms with Gasteiger partial charge < -0.3 is 0 Å². The first-order valence-electron chi connectivity index (χ1n) is 14.0. The molecule has 0 nitrogen and oxygen atoms in total. The van der Waals surface area contributed by atoms with E-state index in [2.05, 4.69) is 37.8 Å². The normalized spacial score (nSPS) is 33.6. The first-order valence-corrected chi connectivity index (χ1v) is 14.0. The number of aryl methyl sites for hydroxylation is 1. The molecule has 172 valence electrons. The molecule has 0 heteroatoms. The molecule has 0 aliphatic heterocycles. The maximum absolute atomic E-state index is 3.86. The molecule has 0 aromatic heterocycles. The fourth-order valence-electron chi connectivity index (χ4n) is 7.51. The van der Waals surface area contributed by atoms with Crippen molar-refractivity contribution >= 4 is 0 Å². The third-order valence-corrected chi connectivity index (χ3v) is 9.52. The molecule has 3 aliphatic rings. The number of hydrogen-bond acceptors (Lipinski definition) is 0. The lowest BCUT2D eigenvalue weighted by Gasteiger charge is -2.45. The Morgan fingerprint density at radius 2 is 1.42 bits per heavy atom. The van der Waals surface area contributed by atoms with E-state index in [1.165, 1.54) is 56.9 Å². The summed E-state index contributed by atoms with van der Waals surface area (Å²) in [6.07, 6.45) is 25.3. The summed E-state index contributed by atoms with van der Waals surface area (Å²) in [4.78, 5) is 0. The highest BCUT2D eigenvalue weighted by atomic mass is 14.4. The quantitative estimate of drug-likeness (QED) is 0.275. The minimum atomic E-state index is 0.824. The van der Waals surface area contributed by atoms with E-state index >= 15 is 0 Å². The van der Waals surface area contributed by atoms with E-state index in [9.17, 15) is 0 Å². The van der Waals surface area contributed by atoms with E-state index in [0.29, 0.717) is 0 Å². The summed E-state index contributed by atoms with van der Waals surface area (Å²) >= 11 is 0. The summed E-state index contributed by atoms with van der Waals surface area (Å²) in [5, 5.41) is 0. The highest BCUT2D eigenvalue weighted by Crippen LogP contribution is 2.51. The average Bonchev–Trinajstić information content (AvgIpc) is 2.83. The summed E-state index contributed by atoms with van der Waals surface area (Å²) in [6, 6.07) is 9.63. The van der Waals surface area contributed by atoms with E-state index in [0.717, 1.165) is 48.3 Å². The van der Waals surface area contributed by atoms with E-state index < -0.39 is 0 Å². The second kappa shape index (κ2) is 11.7. The van der Waals surface area contributed by atoms with Crippen molar-refractivity contribution in [1.29, 1.82) is 0 Å². The van der Waals surface area contributed by atoms with Crippen LogP contribution in [0.25, 0.3) is 0 Å². The topological polar surface area (TPSA) is 0 Å². The van der Waals surface area contributed by atoms with Crippen LogP contribution in [0.4, 0.5) is 0 Å². The van der Waals surface area contributed by atoms with Crippen LogP contribution in [0.5, 0.6) is 0 Å². The largest absolute Gasteiger partial charge is 0.103 e. The second-order valence-electron chi connectivity index (χ2n) is 11.4. The molecule has 0 radical (unpaired) electrons. The minimum Gasteiger partial charge on any atom is -0.103 e. The van der Waals surface area contributed by atoms with Gasteiger partial charge in [0.15, 0.2) is 0 Å². The molecule has 0 spiro atoms. The first kappa shape index (κ1) is 23.1. The molecule has 1 aromatic rings. The van der Waals surface area contributed by atoms with Crippen LogP contribution in [-0.2, 0) is 6.42 Å². The van der Waals surface area contributed by atoms with Gasteiger partial charge in [0, 0.05) is 0 Å². The summed E-state index contributed by atoms with van der Waals surface area (Å²) < 4.78 is 0. The molecular weight excluding hydrogens is 372 g/mol. The number of unbranched alkanes of at least 4 members (excludes halogenated alkanes) is 2. The molecule has 3 aliphatic carbocycles. The van der Waals surface area contributed by atoms with Crippen molar-refractivity contribution in [2.45, 2.75) is 116 Å². The van der Waals surface area contributed by atoms with Crippen molar-refractivity contribution < 1.29 is 0 Å². The number of fused-ring (bicyclic) bond motifs is 1. The van der Waals surface area contributed by atoms with Crippen LogP contribution >= 0.6 is 0 Å². The van der Waals surface area contributed by atoms with Gasteiger partial charge in [0.2, 0.25) is 0 Å². The third kappa shape index (κ3) is 6.27. The molecule has 4 atom stereocenters. The molecule has 0 saturated heterocycles. The van der Waals surface area contributed by atoms with Crippen molar-refractivity contribution in [1.82, 2.24) is 0 Å². The lowest BCUT2D eigenvalue weighted by Crippen LogP contribution is -2.34. The molecule has 0 heterocycles. The molecular formula is C31H48. The van der Waals surface area contributed by atoms with Crippen LogP contribution in [0, 0.1) is 29.6 Å². The smallest absolute Gasteiger partial charge is 0.0159 e. The highest BCUT2D eigenvalue weighted by molar-refractivity contribution is 5.26. The van der Waals surface area contributed by atoms with Crippen LogP contribution in [0.15, 0.2) is 36.9 Å². The zero-order valence-electron chi connectivity index (χ0n) is 20.4. The Morgan fingerprint density at radius 1 is 0.774 bits per heavy atom. The van der Waals surface area contributed by atoms with Crippen LogP contribution in [0.3, 0.4) is 0 Å². The van der Waals surface area contributed by atoms with E-state index in [-0.39, 0.29) is 0 Å². The Morgan fingerprint density at radius 3 is 2.13 bits per heavy atom. The van der Waals surface area contributed by atoms with E-state index in [1.54, 1.807) is 44.1 Å². The Labute approximate surface area is 193 Å².